The molecule has 1 atom stereocenters. The van der Waals surface area contributed by atoms with Gasteiger partial charge in [0.2, 0.25) is 11.2 Å². The molecule has 1 aromatic rings. The molecule has 1 aromatic heterocycles. The van der Waals surface area contributed by atoms with Gasteiger partial charge in [0, 0.05) is 18.3 Å². The van der Waals surface area contributed by atoms with Gasteiger partial charge in [0.05, 0.1) is 0 Å². The summed E-state index contributed by atoms with van der Waals surface area (Å²) in [6, 6.07) is 1.54. The van der Waals surface area contributed by atoms with E-state index in [0.29, 0.717) is 5.82 Å². The van der Waals surface area contributed by atoms with E-state index < -0.39 is 0 Å². The lowest BCUT2D eigenvalue weighted by Gasteiger charge is -2.39. The highest BCUT2D eigenvalue weighted by atomic mass is 35.5. The third kappa shape index (κ3) is 1.87. The number of hydrogen-bond acceptors (Lipinski definition) is 4. The second-order valence-corrected chi connectivity index (χ2v) is 3.87. The highest BCUT2D eigenvalue weighted by Gasteiger charge is 2.33. The Kier molecular flexibility index (Phi) is 2.48. The molecule has 1 unspecified atom stereocenters. The Bertz CT molecular complexity index is 389. The first kappa shape index (κ1) is 10.2. The van der Waals surface area contributed by atoms with Crippen molar-refractivity contribution in [2.75, 3.05) is 11.4 Å². The molecular weight excluding hydrogens is 216 g/mol. The molecule has 0 bridgehead atoms. The molecule has 2 N–H and O–H groups in total. The lowest BCUT2D eigenvalue weighted by molar-refractivity contribution is -0.120. The molecule has 2 rings (SSSR count). The second kappa shape index (κ2) is 3.66. The number of amides is 1. The van der Waals surface area contributed by atoms with Crippen LogP contribution in [0.15, 0.2) is 6.07 Å². The van der Waals surface area contributed by atoms with E-state index in [1.165, 1.54) is 0 Å². The number of aromatic nitrogens is 2. The summed E-state index contributed by atoms with van der Waals surface area (Å²) >= 11 is 5.74. The standard InChI is InChI=1S/C9H11ClN4O/c1-5-4-7(13-9(10)12-5)14-3-2-6(14)8(11)15/h4,6H,2-3H2,1H3,(H2,11,15). The van der Waals surface area contributed by atoms with E-state index in [4.69, 9.17) is 17.3 Å². The zero-order valence-electron chi connectivity index (χ0n) is 8.27. The Hall–Kier alpha value is -1.36. The predicted octanol–water partition coefficient (Wildman–Crippen LogP) is 0.502. The zero-order chi connectivity index (χ0) is 11.0. The van der Waals surface area contributed by atoms with Crippen LogP contribution in [0.4, 0.5) is 5.82 Å². The summed E-state index contributed by atoms with van der Waals surface area (Å²) in [6.45, 7) is 2.61. The smallest absolute Gasteiger partial charge is 0.240 e. The van der Waals surface area contributed by atoms with Gasteiger partial charge in [0.15, 0.2) is 0 Å². The fourth-order valence-corrected chi connectivity index (χ4v) is 1.84. The van der Waals surface area contributed by atoms with Gasteiger partial charge in [-0.15, -0.1) is 0 Å². The van der Waals surface area contributed by atoms with Crippen LogP contribution < -0.4 is 10.6 Å². The van der Waals surface area contributed by atoms with Crippen molar-refractivity contribution in [2.24, 2.45) is 5.73 Å². The summed E-state index contributed by atoms with van der Waals surface area (Å²) in [6.07, 6.45) is 0.774. The van der Waals surface area contributed by atoms with Gasteiger partial charge in [-0.25, -0.2) is 9.97 Å². The number of aryl methyl sites for hydroxylation is 1. The molecule has 0 aliphatic carbocycles. The maximum Gasteiger partial charge on any atom is 0.240 e. The Morgan fingerprint density at radius 3 is 2.87 bits per heavy atom. The minimum Gasteiger partial charge on any atom is -0.368 e. The van der Waals surface area contributed by atoms with Gasteiger partial charge in [-0.05, 0) is 24.9 Å². The molecule has 2 heterocycles. The predicted molar refractivity (Wildman–Crippen MR) is 56.7 cm³/mol. The number of carbonyl (C=O) groups excluding carboxylic acids is 1. The number of hydrogen-bond donors (Lipinski definition) is 1. The van der Waals surface area contributed by atoms with E-state index in [1.54, 1.807) is 6.07 Å². The molecule has 1 fully saturated rings. The SMILES string of the molecule is Cc1cc(N2CCC2C(N)=O)nc(Cl)n1. The van der Waals surface area contributed by atoms with Crippen molar-refractivity contribution in [1.82, 2.24) is 9.97 Å². The summed E-state index contributed by atoms with van der Waals surface area (Å²) in [7, 11) is 0. The molecule has 15 heavy (non-hydrogen) atoms. The molecule has 5 nitrogen and oxygen atoms in total. The van der Waals surface area contributed by atoms with E-state index in [9.17, 15) is 4.79 Å². The largest absolute Gasteiger partial charge is 0.368 e. The van der Waals surface area contributed by atoms with Gasteiger partial charge in [0.25, 0.3) is 0 Å². The number of carbonyl (C=O) groups is 1. The second-order valence-electron chi connectivity index (χ2n) is 3.54. The minimum atomic E-state index is -0.325. The number of halogens is 1. The molecule has 6 heteroatoms. The molecule has 0 saturated carbocycles. The van der Waals surface area contributed by atoms with Crippen molar-refractivity contribution in [3.63, 3.8) is 0 Å². The maximum atomic E-state index is 11.0. The quantitative estimate of drug-likeness (QED) is 0.746. The molecule has 1 aliphatic heterocycles. The Balaban J connectivity index is 2.26. The van der Waals surface area contributed by atoms with Gasteiger partial charge in [0.1, 0.15) is 11.9 Å². The summed E-state index contributed by atoms with van der Waals surface area (Å²) in [5.41, 5.74) is 6.02. The molecule has 0 radical (unpaired) electrons. The average Bonchev–Trinajstić information content (AvgIpc) is 1.97. The Morgan fingerprint density at radius 2 is 2.40 bits per heavy atom. The molecule has 1 saturated heterocycles. The third-order valence-corrected chi connectivity index (χ3v) is 2.62. The topological polar surface area (TPSA) is 72.1 Å². The number of nitrogens with zero attached hydrogens (tertiary/aromatic N) is 3. The normalized spacial score (nSPS) is 19.9. The molecule has 0 aromatic carbocycles. The van der Waals surface area contributed by atoms with Crippen molar-refractivity contribution in [1.29, 1.82) is 0 Å². The van der Waals surface area contributed by atoms with E-state index in [2.05, 4.69) is 9.97 Å². The first-order valence-electron chi connectivity index (χ1n) is 4.65. The van der Waals surface area contributed by atoms with Crippen LogP contribution in [0.25, 0.3) is 0 Å². The molecule has 80 valence electrons. The maximum absolute atomic E-state index is 11.0. The molecule has 1 aliphatic rings. The van der Waals surface area contributed by atoms with Crippen molar-refractivity contribution in [3.05, 3.63) is 17.0 Å². The summed E-state index contributed by atoms with van der Waals surface area (Å²) in [5.74, 6) is 0.344. The third-order valence-electron chi connectivity index (χ3n) is 2.46. The number of nitrogens with two attached hydrogens (primary N) is 1. The van der Waals surface area contributed by atoms with Crippen molar-refractivity contribution < 1.29 is 4.79 Å². The van der Waals surface area contributed by atoms with E-state index in [1.807, 2.05) is 11.8 Å². The van der Waals surface area contributed by atoms with Gasteiger partial charge >= 0.3 is 0 Å². The van der Waals surface area contributed by atoms with E-state index >= 15 is 0 Å². The minimum absolute atomic E-state index is 0.195. The van der Waals surface area contributed by atoms with E-state index in [0.717, 1.165) is 18.7 Å². The van der Waals surface area contributed by atoms with Gasteiger partial charge in [-0.2, -0.15) is 0 Å². The molecular formula is C9H11ClN4O. The molecule has 0 spiro atoms. The number of primary amides is 1. The fourth-order valence-electron chi connectivity index (χ4n) is 1.62. The van der Waals surface area contributed by atoms with E-state index in [-0.39, 0.29) is 17.2 Å². The first-order valence-corrected chi connectivity index (χ1v) is 5.03. The number of anilines is 1. The fraction of sp³-hybridized carbons (Fsp3) is 0.444. The zero-order valence-corrected chi connectivity index (χ0v) is 9.03. The highest BCUT2D eigenvalue weighted by molar-refractivity contribution is 6.28. The monoisotopic (exact) mass is 226 g/mol. The highest BCUT2D eigenvalue weighted by Crippen LogP contribution is 2.25. The lowest BCUT2D eigenvalue weighted by atomic mass is 10.0. The van der Waals surface area contributed by atoms with Gasteiger partial charge in [-0.3, -0.25) is 4.79 Å². The average molecular weight is 227 g/mol. The van der Waals surface area contributed by atoms with Crippen LogP contribution in [-0.4, -0.2) is 28.5 Å². The van der Waals surface area contributed by atoms with Crippen LogP contribution in [-0.2, 0) is 4.79 Å². The van der Waals surface area contributed by atoms with Crippen molar-refractivity contribution in [2.45, 2.75) is 19.4 Å². The van der Waals surface area contributed by atoms with Crippen LogP contribution in [0.1, 0.15) is 12.1 Å². The first-order chi connectivity index (χ1) is 7.08. The van der Waals surface area contributed by atoms with Crippen LogP contribution in [0, 0.1) is 6.92 Å². The summed E-state index contributed by atoms with van der Waals surface area (Å²) in [4.78, 5) is 20.9. The van der Waals surface area contributed by atoms with Gasteiger partial charge in [-0.1, -0.05) is 0 Å². The van der Waals surface area contributed by atoms with Crippen molar-refractivity contribution >= 4 is 23.3 Å². The van der Waals surface area contributed by atoms with Crippen molar-refractivity contribution in [3.8, 4) is 0 Å². The molecule has 1 amide bonds. The van der Waals surface area contributed by atoms with Crippen LogP contribution in [0.5, 0.6) is 0 Å². The van der Waals surface area contributed by atoms with Crippen LogP contribution >= 0.6 is 11.6 Å². The Morgan fingerprint density at radius 1 is 1.67 bits per heavy atom. The van der Waals surface area contributed by atoms with Crippen LogP contribution in [0.3, 0.4) is 0 Å². The summed E-state index contributed by atoms with van der Waals surface area (Å²) < 4.78 is 0. The van der Waals surface area contributed by atoms with Gasteiger partial charge < -0.3 is 10.6 Å². The van der Waals surface area contributed by atoms with Crippen LogP contribution in [0.2, 0.25) is 5.28 Å². The number of rotatable bonds is 2. The lowest BCUT2D eigenvalue weighted by Crippen LogP contribution is -2.55. The summed E-state index contributed by atoms with van der Waals surface area (Å²) in [5, 5.41) is 0.195. The Labute approximate surface area is 92.3 Å².